The van der Waals surface area contributed by atoms with E-state index in [1.165, 1.54) is 12.1 Å². The Morgan fingerprint density at radius 3 is 2.12 bits per heavy atom. The lowest BCUT2D eigenvalue weighted by Crippen LogP contribution is -2.54. The molecule has 0 radical (unpaired) electrons. The monoisotopic (exact) mass is 458 g/mol. The Balaban J connectivity index is 1.63. The standard InChI is InChI=1S/C25H15ClN2O5/c26-18-10-9-13(28(32)33)11-19(18)27-23(30)21-20-14-5-1-3-7-16(14)25(12-29,22(21)24(27)31)17-8-4-2-6-15(17)20/h1-12,20-22H/t20?,21-,22+,25?/m1/s1. The molecule has 2 bridgehead atoms. The summed E-state index contributed by atoms with van der Waals surface area (Å²) in [7, 11) is 0. The van der Waals surface area contributed by atoms with E-state index in [0.717, 1.165) is 39.5 Å². The number of halogens is 1. The van der Waals surface area contributed by atoms with Gasteiger partial charge in [0.15, 0.2) is 0 Å². The van der Waals surface area contributed by atoms with Gasteiger partial charge in [-0.05, 0) is 28.3 Å². The largest absolute Gasteiger partial charge is 0.302 e. The van der Waals surface area contributed by atoms with Crippen LogP contribution in [0.1, 0.15) is 28.2 Å². The molecule has 0 unspecified atom stereocenters. The smallest absolute Gasteiger partial charge is 0.271 e. The van der Waals surface area contributed by atoms with Gasteiger partial charge in [0.25, 0.3) is 5.69 Å². The van der Waals surface area contributed by atoms with E-state index in [2.05, 4.69) is 0 Å². The van der Waals surface area contributed by atoms with Gasteiger partial charge >= 0.3 is 0 Å². The maximum atomic E-state index is 13.9. The predicted molar refractivity (Wildman–Crippen MR) is 119 cm³/mol. The summed E-state index contributed by atoms with van der Waals surface area (Å²) in [5, 5.41) is 11.4. The molecule has 4 aliphatic rings. The topological polar surface area (TPSA) is 97.6 Å². The summed E-state index contributed by atoms with van der Waals surface area (Å²) < 4.78 is 0. The Morgan fingerprint density at radius 1 is 0.939 bits per heavy atom. The summed E-state index contributed by atoms with van der Waals surface area (Å²) in [6.45, 7) is 0. The molecule has 1 fully saturated rings. The molecule has 0 aromatic heterocycles. The second-order valence-corrected chi connectivity index (χ2v) is 8.95. The van der Waals surface area contributed by atoms with Crippen LogP contribution in [0.15, 0.2) is 66.7 Å². The van der Waals surface area contributed by atoms with Gasteiger partial charge in [-0.25, -0.2) is 4.90 Å². The SMILES string of the molecule is O=CC12c3ccccc3C(c3ccccc31)[C@H]1C(=O)N(c3cc([N+](=O)[O-])ccc3Cl)C(=O)[C@H]12. The van der Waals surface area contributed by atoms with Crippen LogP contribution >= 0.6 is 11.6 Å². The van der Waals surface area contributed by atoms with Crippen LogP contribution in [0.5, 0.6) is 0 Å². The molecule has 33 heavy (non-hydrogen) atoms. The van der Waals surface area contributed by atoms with Gasteiger partial charge in [0, 0.05) is 18.1 Å². The number of nitro groups is 1. The van der Waals surface area contributed by atoms with Gasteiger partial charge in [-0.3, -0.25) is 19.7 Å². The van der Waals surface area contributed by atoms with Crippen molar-refractivity contribution >= 4 is 41.1 Å². The number of non-ortho nitro benzene ring substituents is 1. The molecule has 162 valence electrons. The van der Waals surface area contributed by atoms with Crippen LogP contribution < -0.4 is 4.90 Å². The van der Waals surface area contributed by atoms with Crippen molar-refractivity contribution in [3.05, 3.63) is 104 Å². The van der Waals surface area contributed by atoms with Gasteiger partial charge in [0.05, 0.1) is 32.9 Å². The molecule has 1 heterocycles. The highest BCUT2D eigenvalue weighted by Crippen LogP contribution is 2.63. The van der Waals surface area contributed by atoms with E-state index in [0.29, 0.717) is 0 Å². The fourth-order valence-electron chi connectivity index (χ4n) is 6.05. The average Bonchev–Trinajstić information content (AvgIpc) is 3.10. The van der Waals surface area contributed by atoms with E-state index in [1.54, 1.807) is 0 Å². The Morgan fingerprint density at radius 2 is 1.55 bits per heavy atom. The van der Waals surface area contributed by atoms with Crippen molar-refractivity contribution in [2.45, 2.75) is 11.3 Å². The van der Waals surface area contributed by atoms with Crippen molar-refractivity contribution in [2.75, 3.05) is 4.90 Å². The first-order valence-electron chi connectivity index (χ1n) is 10.4. The molecular formula is C25H15ClN2O5. The van der Waals surface area contributed by atoms with E-state index in [1.807, 2.05) is 48.5 Å². The van der Waals surface area contributed by atoms with Crippen LogP contribution in [0.2, 0.25) is 5.02 Å². The Hall–Kier alpha value is -3.84. The molecule has 2 atom stereocenters. The molecule has 0 N–H and O–H groups in total. The number of carbonyl (C=O) groups is 3. The van der Waals surface area contributed by atoms with Crippen LogP contribution in [0.3, 0.4) is 0 Å². The summed E-state index contributed by atoms with van der Waals surface area (Å²) in [5.41, 5.74) is 1.47. The van der Waals surface area contributed by atoms with Gasteiger partial charge in [-0.1, -0.05) is 60.1 Å². The average molecular weight is 459 g/mol. The van der Waals surface area contributed by atoms with Gasteiger partial charge in [-0.15, -0.1) is 0 Å². The molecule has 0 spiro atoms. The van der Waals surface area contributed by atoms with Crippen LogP contribution in [0, 0.1) is 22.0 Å². The fraction of sp³-hybridized carbons (Fsp3) is 0.160. The number of carbonyl (C=O) groups excluding carboxylic acids is 3. The highest BCUT2D eigenvalue weighted by molar-refractivity contribution is 6.36. The fourth-order valence-corrected chi connectivity index (χ4v) is 6.26. The van der Waals surface area contributed by atoms with E-state index >= 15 is 0 Å². The number of amides is 2. The second-order valence-electron chi connectivity index (χ2n) is 8.55. The summed E-state index contributed by atoms with van der Waals surface area (Å²) in [4.78, 5) is 52.3. The highest BCUT2D eigenvalue weighted by Gasteiger charge is 2.68. The number of anilines is 1. The number of hydrogen-bond acceptors (Lipinski definition) is 5. The zero-order chi connectivity index (χ0) is 23.1. The van der Waals surface area contributed by atoms with E-state index in [4.69, 9.17) is 11.6 Å². The number of hydrogen-bond donors (Lipinski definition) is 0. The third kappa shape index (κ3) is 2.27. The molecule has 0 saturated carbocycles. The number of rotatable bonds is 3. The van der Waals surface area contributed by atoms with E-state index in [-0.39, 0.29) is 16.4 Å². The number of nitrogens with zero attached hydrogens (tertiary/aromatic N) is 2. The van der Waals surface area contributed by atoms with Crippen LogP contribution in [-0.4, -0.2) is 23.0 Å². The van der Waals surface area contributed by atoms with E-state index in [9.17, 15) is 24.5 Å². The number of imide groups is 1. The first kappa shape index (κ1) is 19.8. The maximum Gasteiger partial charge on any atom is 0.271 e. The normalized spacial score (nSPS) is 26.6. The lowest BCUT2D eigenvalue weighted by molar-refractivity contribution is -0.384. The summed E-state index contributed by atoms with van der Waals surface area (Å²) in [5.74, 6) is -3.28. The van der Waals surface area contributed by atoms with Crippen LogP contribution in [0.4, 0.5) is 11.4 Å². The van der Waals surface area contributed by atoms with Crippen molar-refractivity contribution in [1.29, 1.82) is 0 Å². The molecule has 8 heteroatoms. The lowest BCUT2D eigenvalue weighted by atomic mass is 9.48. The minimum Gasteiger partial charge on any atom is -0.302 e. The van der Waals surface area contributed by atoms with Crippen LogP contribution in [-0.2, 0) is 19.8 Å². The van der Waals surface area contributed by atoms with Crippen LogP contribution in [0.25, 0.3) is 0 Å². The summed E-state index contributed by atoms with van der Waals surface area (Å²) in [6.07, 6.45) is 0.779. The Kier molecular flexibility index (Phi) is 3.95. The molecule has 3 aromatic carbocycles. The zero-order valence-corrected chi connectivity index (χ0v) is 17.7. The lowest BCUT2D eigenvalue weighted by Gasteiger charge is -2.51. The van der Waals surface area contributed by atoms with Crippen molar-refractivity contribution < 1.29 is 19.3 Å². The molecule has 3 aromatic rings. The van der Waals surface area contributed by atoms with Crippen molar-refractivity contribution in [2.24, 2.45) is 11.8 Å². The molecule has 1 aliphatic heterocycles. The second kappa shape index (κ2) is 6.59. The number of nitro benzene ring substituents is 1. The minimum atomic E-state index is -1.33. The van der Waals surface area contributed by atoms with Gasteiger partial charge in [-0.2, -0.15) is 0 Å². The summed E-state index contributed by atoms with van der Waals surface area (Å²) in [6, 6.07) is 18.4. The molecular weight excluding hydrogens is 444 g/mol. The Labute approximate surface area is 192 Å². The first-order chi connectivity index (χ1) is 15.9. The molecule has 2 amide bonds. The van der Waals surface area contributed by atoms with Crippen molar-refractivity contribution in [1.82, 2.24) is 0 Å². The van der Waals surface area contributed by atoms with Gasteiger partial charge in [0.2, 0.25) is 11.8 Å². The predicted octanol–water partition coefficient (Wildman–Crippen LogP) is 4.00. The van der Waals surface area contributed by atoms with Crippen molar-refractivity contribution in [3.8, 4) is 0 Å². The molecule has 3 aliphatic carbocycles. The van der Waals surface area contributed by atoms with Gasteiger partial charge in [0.1, 0.15) is 6.29 Å². The zero-order valence-electron chi connectivity index (χ0n) is 17.0. The third-order valence-corrected chi connectivity index (χ3v) is 7.57. The van der Waals surface area contributed by atoms with E-state index < -0.39 is 39.9 Å². The first-order valence-corrected chi connectivity index (χ1v) is 10.8. The quantitative estimate of drug-likeness (QED) is 0.256. The third-order valence-electron chi connectivity index (χ3n) is 7.25. The molecule has 7 nitrogen and oxygen atoms in total. The number of aldehydes is 1. The molecule has 7 rings (SSSR count). The Bertz CT molecular complexity index is 1370. The van der Waals surface area contributed by atoms with Crippen molar-refractivity contribution in [3.63, 3.8) is 0 Å². The maximum absolute atomic E-state index is 13.9. The highest BCUT2D eigenvalue weighted by atomic mass is 35.5. The summed E-state index contributed by atoms with van der Waals surface area (Å²) >= 11 is 6.31. The van der Waals surface area contributed by atoms with Gasteiger partial charge < -0.3 is 4.79 Å². The number of benzene rings is 3. The minimum absolute atomic E-state index is 0.0381. The molecule has 1 saturated heterocycles.